The third-order valence-corrected chi connectivity index (χ3v) is 12.9. The molecule has 0 saturated heterocycles. The van der Waals surface area contributed by atoms with Gasteiger partial charge in [-0.1, -0.05) is 170 Å². The Hall–Kier alpha value is -8.20. The molecule has 66 heavy (non-hydrogen) atoms. The lowest BCUT2D eigenvalue weighted by Crippen LogP contribution is -2.11. The zero-order valence-electron chi connectivity index (χ0n) is 37.8. The van der Waals surface area contributed by atoms with Gasteiger partial charge >= 0.3 is 0 Å². The number of fused-ring (bicyclic) bond motifs is 6. The summed E-state index contributed by atoms with van der Waals surface area (Å²) < 4.78 is 0. The van der Waals surface area contributed by atoms with E-state index in [1.807, 2.05) is 0 Å². The van der Waals surface area contributed by atoms with Gasteiger partial charge < -0.3 is 9.80 Å². The Labute approximate surface area is 388 Å². The first-order chi connectivity index (χ1) is 32.3. The summed E-state index contributed by atoms with van der Waals surface area (Å²) in [5.41, 5.74) is 16.5. The van der Waals surface area contributed by atoms with Gasteiger partial charge in [-0.25, -0.2) is 0 Å². The van der Waals surface area contributed by atoms with E-state index >= 15 is 0 Å². The molecule has 0 radical (unpaired) electrons. The zero-order valence-corrected chi connectivity index (χ0v) is 37.8. The monoisotopic (exact) mass is 846 g/mol. The van der Waals surface area contributed by atoms with Crippen molar-refractivity contribution in [3.8, 4) is 11.1 Å². The molecule has 0 aliphatic rings. The van der Waals surface area contributed by atoms with E-state index < -0.39 is 0 Å². The molecule has 0 N–H and O–H groups in total. The Morgan fingerprint density at radius 1 is 0.273 bits per heavy atom. The maximum Gasteiger partial charge on any atom is 0.0546 e. The number of benzene rings is 11. The Balaban J connectivity index is 0.879. The van der Waals surface area contributed by atoms with Crippen LogP contribution in [0.1, 0.15) is 33.4 Å². The van der Waals surface area contributed by atoms with Gasteiger partial charge in [-0.2, -0.15) is 0 Å². The number of anilines is 6. The minimum Gasteiger partial charge on any atom is -0.310 e. The molecular weight excluding hydrogens is 797 g/mol. The van der Waals surface area contributed by atoms with Crippen LogP contribution in [0.2, 0.25) is 0 Å². The van der Waals surface area contributed by atoms with Crippen LogP contribution in [0.5, 0.6) is 0 Å². The Morgan fingerprint density at radius 3 is 1.00 bits per heavy atom. The summed E-state index contributed by atoms with van der Waals surface area (Å²) in [6.45, 7) is 8.72. The molecule has 0 unspecified atom stereocenters. The number of nitrogens with zero attached hydrogens (tertiary/aromatic N) is 2. The molecule has 0 atom stereocenters. The lowest BCUT2D eigenvalue weighted by molar-refractivity contribution is 1.26. The molecule has 0 heterocycles. The van der Waals surface area contributed by atoms with Crippen molar-refractivity contribution in [1.29, 1.82) is 0 Å². The van der Waals surface area contributed by atoms with Crippen molar-refractivity contribution in [3.05, 3.63) is 252 Å². The molecular formula is C64H50N2. The fraction of sp³-hybridized carbons (Fsp3) is 0.0625. The highest BCUT2D eigenvalue weighted by atomic mass is 15.1. The highest BCUT2D eigenvalue weighted by Gasteiger charge is 2.20. The summed E-state index contributed by atoms with van der Waals surface area (Å²) in [6, 6.07) is 80.2. The molecule has 11 rings (SSSR count). The van der Waals surface area contributed by atoms with Crippen LogP contribution in [0.3, 0.4) is 0 Å². The Kier molecular flexibility index (Phi) is 10.5. The molecule has 2 nitrogen and oxygen atoms in total. The summed E-state index contributed by atoms with van der Waals surface area (Å²) in [7, 11) is 0. The van der Waals surface area contributed by atoms with E-state index in [1.54, 1.807) is 0 Å². The number of hydrogen-bond donors (Lipinski definition) is 0. The van der Waals surface area contributed by atoms with Crippen molar-refractivity contribution >= 4 is 89.4 Å². The second-order valence-corrected chi connectivity index (χ2v) is 17.8. The lowest BCUT2D eigenvalue weighted by atomic mass is 9.98. The summed E-state index contributed by atoms with van der Waals surface area (Å²) in [5.74, 6) is 0. The van der Waals surface area contributed by atoms with Gasteiger partial charge in [-0.15, -0.1) is 0 Å². The van der Waals surface area contributed by atoms with Crippen molar-refractivity contribution in [2.45, 2.75) is 27.7 Å². The normalized spacial score (nSPS) is 11.6. The fourth-order valence-corrected chi connectivity index (χ4v) is 9.97. The van der Waals surface area contributed by atoms with Crippen LogP contribution in [0, 0.1) is 27.7 Å². The Bertz CT molecular complexity index is 3580. The first-order valence-corrected chi connectivity index (χ1v) is 22.9. The van der Waals surface area contributed by atoms with E-state index in [0.717, 1.165) is 33.9 Å². The maximum atomic E-state index is 2.42. The van der Waals surface area contributed by atoms with Gasteiger partial charge in [-0.05, 0) is 165 Å². The van der Waals surface area contributed by atoms with Crippen LogP contribution >= 0.6 is 0 Å². The Morgan fingerprint density at radius 2 is 0.591 bits per heavy atom. The van der Waals surface area contributed by atoms with Crippen LogP contribution in [0.15, 0.2) is 218 Å². The van der Waals surface area contributed by atoms with E-state index in [1.165, 1.54) is 87.8 Å². The van der Waals surface area contributed by atoms with Crippen LogP contribution in [-0.4, -0.2) is 0 Å². The van der Waals surface area contributed by atoms with Gasteiger partial charge in [0, 0.05) is 33.5 Å². The van der Waals surface area contributed by atoms with Crippen LogP contribution in [0.25, 0.3) is 66.4 Å². The van der Waals surface area contributed by atoms with Gasteiger partial charge in [-0.3, -0.25) is 0 Å². The van der Waals surface area contributed by atoms with Crippen molar-refractivity contribution in [2.24, 2.45) is 0 Å². The molecule has 0 spiro atoms. The molecule has 11 aromatic rings. The predicted molar refractivity (Wildman–Crippen MR) is 286 cm³/mol. The van der Waals surface area contributed by atoms with Crippen molar-refractivity contribution in [1.82, 2.24) is 0 Å². The molecule has 0 saturated carbocycles. The van der Waals surface area contributed by atoms with E-state index in [2.05, 4.69) is 268 Å². The minimum atomic E-state index is 1.12. The fourth-order valence-electron chi connectivity index (χ4n) is 9.97. The third kappa shape index (κ3) is 7.78. The van der Waals surface area contributed by atoms with E-state index in [-0.39, 0.29) is 0 Å². The smallest absolute Gasteiger partial charge is 0.0546 e. The predicted octanol–water partition coefficient (Wildman–Crippen LogP) is 18.3. The molecule has 0 aliphatic carbocycles. The molecule has 0 fully saturated rings. The average Bonchev–Trinajstić information content (AvgIpc) is 3.34. The summed E-state index contributed by atoms with van der Waals surface area (Å²) >= 11 is 0. The topological polar surface area (TPSA) is 6.48 Å². The summed E-state index contributed by atoms with van der Waals surface area (Å²) in [6.07, 6.45) is 4.41. The largest absolute Gasteiger partial charge is 0.310 e. The van der Waals surface area contributed by atoms with E-state index in [0.29, 0.717) is 0 Å². The van der Waals surface area contributed by atoms with Gasteiger partial charge in [0.1, 0.15) is 0 Å². The van der Waals surface area contributed by atoms with Crippen molar-refractivity contribution < 1.29 is 0 Å². The lowest BCUT2D eigenvalue weighted by Gasteiger charge is -2.28. The highest BCUT2D eigenvalue weighted by Crippen LogP contribution is 2.44. The summed E-state index contributed by atoms with van der Waals surface area (Å²) in [4.78, 5) is 4.84. The maximum absolute atomic E-state index is 2.42. The molecule has 0 amide bonds. The molecule has 0 bridgehead atoms. The number of hydrogen-bond acceptors (Lipinski definition) is 2. The number of rotatable bonds is 9. The van der Waals surface area contributed by atoms with Gasteiger partial charge in [0.05, 0.1) is 11.4 Å². The second-order valence-electron chi connectivity index (χ2n) is 17.8. The molecule has 11 aromatic carbocycles. The van der Waals surface area contributed by atoms with Crippen molar-refractivity contribution in [2.75, 3.05) is 9.80 Å². The highest BCUT2D eigenvalue weighted by molar-refractivity contribution is 6.16. The van der Waals surface area contributed by atoms with Crippen LogP contribution in [-0.2, 0) is 0 Å². The second kappa shape index (κ2) is 17.1. The minimum absolute atomic E-state index is 1.12. The van der Waals surface area contributed by atoms with Crippen LogP contribution < -0.4 is 9.80 Å². The SMILES string of the molecule is Cc1cc(C)cc(N(c2ccc(/C=C/c3ccc(-c4ccc(N(c5cc(C)cc(C)c5)c5cc6ccccc6c6ccccc56)cc4)cc3)cc2)c2cc3ccccc3c3ccccc23)c1. The standard InChI is InChI=1S/C64H50N2/c1-43-35-44(2)38-55(37-43)65(63-41-51-13-5-7-15-57(51)59-17-9-11-19-61(59)63)53-31-25-48(26-32-53)22-21-47-23-27-49(28-24-47)50-29-33-54(34-30-50)66(56-39-45(3)36-46(4)40-56)64-42-52-14-6-8-16-58(52)60-18-10-12-20-62(60)64/h5-42H,1-4H3/b22-21+. The van der Waals surface area contributed by atoms with Gasteiger partial charge in [0.25, 0.3) is 0 Å². The molecule has 316 valence electrons. The van der Waals surface area contributed by atoms with Crippen LogP contribution in [0.4, 0.5) is 34.1 Å². The average molecular weight is 847 g/mol. The molecule has 0 aliphatic heterocycles. The zero-order chi connectivity index (χ0) is 44.7. The van der Waals surface area contributed by atoms with Crippen molar-refractivity contribution in [3.63, 3.8) is 0 Å². The third-order valence-electron chi connectivity index (χ3n) is 12.9. The van der Waals surface area contributed by atoms with E-state index in [4.69, 9.17) is 0 Å². The summed E-state index contributed by atoms with van der Waals surface area (Å²) in [5, 5.41) is 9.97. The number of aryl methyl sites for hydroxylation is 4. The van der Waals surface area contributed by atoms with Gasteiger partial charge in [0.2, 0.25) is 0 Å². The van der Waals surface area contributed by atoms with E-state index in [9.17, 15) is 0 Å². The molecule has 2 heteroatoms. The molecule has 0 aromatic heterocycles. The first-order valence-electron chi connectivity index (χ1n) is 22.9. The first kappa shape index (κ1) is 40.6. The van der Waals surface area contributed by atoms with Gasteiger partial charge in [0.15, 0.2) is 0 Å². The quantitative estimate of drug-likeness (QED) is 0.105.